The van der Waals surface area contributed by atoms with Crippen LogP contribution in [0.3, 0.4) is 0 Å². The Morgan fingerprint density at radius 2 is 1.82 bits per heavy atom. The maximum Gasteiger partial charge on any atom is 0.347 e. The minimum Gasteiger partial charge on any atom is -0.479 e. The van der Waals surface area contributed by atoms with Gasteiger partial charge in [-0.2, -0.15) is 0 Å². The summed E-state index contributed by atoms with van der Waals surface area (Å²) in [5.41, 5.74) is 1.30. The quantitative estimate of drug-likeness (QED) is 0.737. The SMILES string of the molecule is Cc1cc(Cl)ccc1OC(C)C(=O)OC(C)C(=O)Nc1ccc2c(c1)OCO2. The van der Waals surface area contributed by atoms with Crippen molar-refractivity contribution >= 4 is 29.2 Å². The van der Waals surface area contributed by atoms with E-state index >= 15 is 0 Å². The Bertz CT molecular complexity index is 900. The van der Waals surface area contributed by atoms with Crippen molar-refractivity contribution in [3.05, 3.63) is 47.0 Å². The second kappa shape index (κ2) is 8.39. The lowest BCUT2D eigenvalue weighted by Crippen LogP contribution is -2.35. The molecule has 0 aromatic heterocycles. The summed E-state index contributed by atoms with van der Waals surface area (Å²) in [7, 11) is 0. The molecule has 1 aliphatic rings. The highest BCUT2D eigenvalue weighted by Gasteiger charge is 2.24. The lowest BCUT2D eigenvalue weighted by atomic mass is 10.2. The highest BCUT2D eigenvalue weighted by atomic mass is 35.5. The molecular formula is C20H20ClNO6. The molecule has 0 spiro atoms. The van der Waals surface area contributed by atoms with Crippen LogP contribution in [0.2, 0.25) is 5.02 Å². The third-order valence-corrected chi connectivity index (χ3v) is 4.31. The van der Waals surface area contributed by atoms with E-state index in [-0.39, 0.29) is 6.79 Å². The molecule has 0 fully saturated rings. The number of amides is 1. The van der Waals surface area contributed by atoms with Crippen molar-refractivity contribution < 1.29 is 28.5 Å². The van der Waals surface area contributed by atoms with Crippen LogP contribution in [0.1, 0.15) is 19.4 Å². The maximum atomic E-state index is 12.3. The number of aryl methyl sites for hydroxylation is 1. The van der Waals surface area contributed by atoms with Gasteiger partial charge in [-0.15, -0.1) is 0 Å². The third-order valence-electron chi connectivity index (χ3n) is 4.07. The molecule has 3 rings (SSSR count). The zero-order valence-corrected chi connectivity index (χ0v) is 16.4. The highest BCUT2D eigenvalue weighted by molar-refractivity contribution is 6.30. The van der Waals surface area contributed by atoms with Gasteiger partial charge in [0.15, 0.2) is 23.7 Å². The molecule has 1 aliphatic heterocycles. The fourth-order valence-electron chi connectivity index (χ4n) is 2.53. The van der Waals surface area contributed by atoms with Crippen LogP contribution in [-0.2, 0) is 14.3 Å². The number of anilines is 1. The van der Waals surface area contributed by atoms with Crippen molar-refractivity contribution in [2.24, 2.45) is 0 Å². The van der Waals surface area contributed by atoms with E-state index in [1.165, 1.54) is 6.92 Å². The summed E-state index contributed by atoms with van der Waals surface area (Å²) in [5.74, 6) is 0.555. The Labute approximate surface area is 167 Å². The van der Waals surface area contributed by atoms with Gasteiger partial charge in [-0.25, -0.2) is 4.79 Å². The average Bonchev–Trinajstić information content (AvgIpc) is 3.11. The first-order valence-corrected chi connectivity index (χ1v) is 9.05. The first-order chi connectivity index (χ1) is 13.3. The average molecular weight is 406 g/mol. The van der Waals surface area contributed by atoms with Gasteiger partial charge in [-0.1, -0.05) is 11.6 Å². The van der Waals surface area contributed by atoms with E-state index in [1.54, 1.807) is 43.3 Å². The highest BCUT2D eigenvalue weighted by Crippen LogP contribution is 2.34. The van der Waals surface area contributed by atoms with Crippen LogP contribution < -0.4 is 19.5 Å². The smallest absolute Gasteiger partial charge is 0.347 e. The van der Waals surface area contributed by atoms with Crippen molar-refractivity contribution in [2.45, 2.75) is 33.0 Å². The zero-order chi connectivity index (χ0) is 20.3. The molecule has 1 amide bonds. The lowest BCUT2D eigenvalue weighted by Gasteiger charge is -2.18. The molecule has 1 heterocycles. The van der Waals surface area contributed by atoms with Crippen LogP contribution in [0, 0.1) is 6.92 Å². The number of rotatable bonds is 6. The second-order valence-corrected chi connectivity index (χ2v) is 6.74. The van der Waals surface area contributed by atoms with E-state index in [0.29, 0.717) is 28.0 Å². The number of esters is 1. The van der Waals surface area contributed by atoms with Crippen LogP contribution in [0.15, 0.2) is 36.4 Å². The Morgan fingerprint density at radius 3 is 2.57 bits per heavy atom. The predicted molar refractivity (Wildman–Crippen MR) is 103 cm³/mol. The van der Waals surface area contributed by atoms with E-state index < -0.39 is 24.1 Å². The molecule has 0 bridgehead atoms. The number of carbonyl (C=O) groups excluding carboxylic acids is 2. The van der Waals surface area contributed by atoms with Crippen LogP contribution in [-0.4, -0.2) is 30.9 Å². The van der Waals surface area contributed by atoms with Crippen LogP contribution >= 0.6 is 11.6 Å². The normalized spacial score (nSPS) is 14.1. The van der Waals surface area contributed by atoms with E-state index in [1.807, 2.05) is 6.92 Å². The summed E-state index contributed by atoms with van der Waals surface area (Å²) in [5, 5.41) is 3.25. The fourth-order valence-corrected chi connectivity index (χ4v) is 2.75. The molecule has 0 saturated carbocycles. The molecular weight excluding hydrogens is 386 g/mol. The minimum atomic E-state index is -1.00. The van der Waals surface area contributed by atoms with Gasteiger partial charge in [0.1, 0.15) is 5.75 Å². The van der Waals surface area contributed by atoms with Gasteiger partial charge in [0, 0.05) is 16.8 Å². The number of hydrogen-bond acceptors (Lipinski definition) is 6. The van der Waals surface area contributed by atoms with Gasteiger partial charge in [0.2, 0.25) is 6.79 Å². The number of benzene rings is 2. The topological polar surface area (TPSA) is 83.1 Å². The second-order valence-electron chi connectivity index (χ2n) is 6.31. The van der Waals surface area contributed by atoms with Crippen LogP contribution in [0.4, 0.5) is 5.69 Å². The van der Waals surface area contributed by atoms with Crippen molar-refractivity contribution in [1.82, 2.24) is 0 Å². The van der Waals surface area contributed by atoms with Crippen molar-refractivity contribution in [3.63, 3.8) is 0 Å². The fraction of sp³-hybridized carbons (Fsp3) is 0.300. The van der Waals surface area contributed by atoms with Crippen molar-refractivity contribution in [2.75, 3.05) is 12.1 Å². The molecule has 0 radical (unpaired) electrons. The summed E-state index contributed by atoms with van der Waals surface area (Å²) in [6.07, 6.45) is -1.89. The summed E-state index contributed by atoms with van der Waals surface area (Å²) >= 11 is 5.91. The molecule has 1 N–H and O–H groups in total. The molecule has 8 heteroatoms. The molecule has 2 aromatic carbocycles. The van der Waals surface area contributed by atoms with Gasteiger partial charge in [0.05, 0.1) is 0 Å². The molecule has 2 atom stereocenters. The van der Waals surface area contributed by atoms with E-state index in [4.69, 9.17) is 30.5 Å². The summed E-state index contributed by atoms with van der Waals surface area (Å²) in [4.78, 5) is 24.6. The number of carbonyl (C=O) groups is 2. The first kappa shape index (κ1) is 19.8. The van der Waals surface area contributed by atoms with Crippen molar-refractivity contribution in [3.8, 4) is 17.2 Å². The summed E-state index contributed by atoms with van der Waals surface area (Å²) in [6, 6.07) is 10.1. The molecule has 7 nitrogen and oxygen atoms in total. The van der Waals surface area contributed by atoms with Gasteiger partial charge in [0.25, 0.3) is 5.91 Å². The van der Waals surface area contributed by atoms with Crippen LogP contribution in [0.25, 0.3) is 0 Å². The number of hydrogen-bond donors (Lipinski definition) is 1. The summed E-state index contributed by atoms with van der Waals surface area (Å²) in [6.45, 7) is 5.01. The molecule has 0 saturated heterocycles. The third kappa shape index (κ3) is 4.67. The Hall–Kier alpha value is -2.93. The number of nitrogens with one attached hydrogen (secondary N) is 1. The monoisotopic (exact) mass is 405 g/mol. The molecule has 0 aliphatic carbocycles. The minimum absolute atomic E-state index is 0.145. The number of halogens is 1. The van der Waals surface area contributed by atoms with Crippen LogP contribution in [0.5, 0.6) is 17.2 Å². The molecule has 2 unspecified atom stereocenters. The molecule has 2 aromatic rings. The van der Waals surface area contributed by atoms with Gasteiger partial charge in [-0.3, -0.25) is 4.79 Å². The first-order valence-electron chi connectivity index (χ1n) is 8.67. The standard InChI is InChI=1S/C20H20ClNO6/c1-11-8-14(21)4-6-16(11)27-13(3)20(24)28-12(2)19(23)22-15-5-7-17-18(9-15)26-10-25-17/h4-9,12-13H,10H2,1-3H3,(H,22,23). The van der Waals surface area contributed by atoms with E-state index in [2.05, 4.69) is 5.32 Å². The van der Waals surface area contributed by atoms with Gasteiger partial charge >= 0.3 is 5.97 Å². The van der Waals surface area contributed by atoms with E-state index in [0.717, 1.165) is 5.56 Å². The number of ether oxygens (including phenoxy) is 4. The van der Waals surface area contributed by atoms with Crippen molar-refractivity contribution in [1.29, 1.82) is 0 Å². The zero-order valence-electron chi connectivity index (χ0n) is 15.7. The Kier molecular flexibility index (Phi) is 5.94. The molecule has 148 valence electrons. The predicted octanol–water partition coefficient (Wildman–Crippen LogP) is 3.71. The lowest BCUT2D eigenvalue weighted by molar-refractivity contribution is -0.159. The van der Waals surface area contributed by atoms with E-state index in [9.17, 15) is 9.59 Å². The summed E-state index contributed by atoms with van der Waals surface area (Å²) < 4.78 is 21.3. The largest absolute Gasteiger partial charge is 0.479 e. The molecule has 28 heavy (non-hydrogen) atoms. The maximum absolute atomic E-state index is 12.3. The number of fused-ring (bicyclic) bond motifs is 1. The Morgan fingerprint density at radius 1 is 1.07 bits per heavy atom. The van der Waals surface area contributed by atoms with Gasteiger partial charge < -0.3 is 24.3 Å². The Balaban J connectivity index is 1.54. The van der Waals surface area contributed by atoms with Gasteiger partial charge in [-0.05, 0) is 56.7 Å².